The SMILES string of the molecule is COC1C(=O)C(C)C[C@H](C)/C=C/C=C/C=C(\C)[C@@H](OC)CC2CC[C@@H](C)[C@@](O)(O2)C(=O)C(=O)N2CCCC[C@H]2C(=O)O[C@H]([C@H](C)C[C@@H]2CC[C@@H](OC(=O)N(C)OC)[C@H](OC)C2)CC(=O)[C@H](C)/C=C(\C)[C@H]1O. The van der Waals surface area contributed by atoms with Crippen molar-refractivity contribution in [2.45, 2.75) is 180 Å². The Hall–Kier alpha value is -4.10. The second-order valence-corrected chi connectivity index (χ2v) is 20.6. The number of hydroxylamine groups is 2. The van der Waals surface area contributed by atoms with Gasteiger partial charge >= 0.3 is 12.1 Å². The summed E-state index contributed by atoms with van der Waals surface area (Å²) in [7, 11) is 7.30. The number of hydrogen-bond donors (Lipinski definition) is 2. The fourth-order valence-corrected chi connectivity index (χ4v) is 10.5. The van der Waals surface area contributed by atoms with E-state index in [4.69, 9.17) is 33.3 Å². The standard InChI is InChI=1S/C54H84N2O15/c1-32-18-14-13-15-19-33(2)44(65-9)30-40-23-21-38(7)54(64,71-40)50(60)51(61)56-25-17-16-20-41(56)52(62)69-45(31-42(57)34(3)27-37(6)48(59)49(67-11)47(58)36(5)26-32)35(4)28-39-22-24-43(46(29-39)66-10)70-53(63)55(8)68-12/h13-15,18-19,27,32,34-36,38-41,43-46,48-49,59,64H,16-17,20-26,28-31H2,1-12H3/b15-13+,18-14+,33-19+,37-27+/t32-,34-,35-,36?,38-,39+,40?,41+,43-,44+,45+,46-,48-,49?,54-/m1/s1. The highest BCUT2D eigenvalue weighted by molar-refractivity contribution is 6.39. The number of cyclic esters (lactones) is 1. The van der Waals surface area contributed by atoms with Gasteiger partial charge in [0, 0.05) is 65.5 Å². The van der Waals surface area contributed by atoms with Gasteiger partial charge in [-0.25, -0.2) is 9.59 Å². The summed E-state index contributed by atoms with van der Waals surface area (Å²) in [5.41, 5.74) is 1.24. The molecule has 0 radical (unpaired) electrons. The monoisotopic (exact) mass is 1000 g/mol. The number of methoxy groups -OCH3 is 3. The molecule has 0 aromatic carbocycles. The molecule has 15 atom stereocenters. The van der Waals surface area contributed by atoms with Crippen molar-refractivity contribution in [1.29, 1.82) is 0 Å². The van der Waals surface area contributed by atoms with Crippen LogP contribution in [-0.4, -0.2) is 152 Å². The second kappa shape index (κ2) is 27.8. The molecule has 3 heterocycles. The molecule has 3 aliphatic heterocycles. The zero-order chi connectivity index (χ0) is 52.7. The fraction of sp³-hybridized carbons (Fsp3) is 0.741. The number of amides is 2. The number of carbonyl (C=O) groups is 6. The smallest absolute Gasteiger partial charge is 0.434 e. The predicted octanol–water partition coefficient (Wildman–Crippen LogP) is 6.82. The summed E-state index contributed by atoms with van der Waals surface area (Å²) in [6, 6.07) is -1.18. The molecule has 0 aromatic heterocycles. The zero-order valence-corrected chi connectivity index (χ0v) is 44.3. The molecule has 400 valence electrons. The molecule has 2 saturated heterocycles. The number of ketones is 3. The number of esters is 1. The number of allylic oxidation sites excluding steroid dienone is 6. The molecule has 3 fully saturated rings. The number of rotatable bonds is 8. The molecule has 4 rings (SSSR count). The van der Waals surface area contributed by atoms with Gasteiger partial charge in [0.15, 0.2) is 5.78 Å². The summed E-state index contributed by atoms with van der Waals surface area (Å²) in [6.45, 7) is 12.6. The molecular formula is C54H84N2O15. The zero-order valence-electron chi connectivity index (χ0n) is 44.3. The van der Waals surface area contributed by atoms with E-state index in [1.165, 1.54) is 26.2 Å². The molecule has 4 aliphatic rings. The molecule has 1 aliphatic carbocycles. The molecule has 71 heavy (non-hydrogen) atoms. The third-order valence-corrected chi connectivity index (χ3v) is 15.2. The molecule has 2 N–H and O–H groups in total. The molecular weight excluding hydrogens is 917 g/mol. The van der Waals surface area contributed by atoms with E-state index in [0.717, 1.165) is 10.6 Å². The Balaban J connectivity index is 1.69. The summed E-state index contributed by atoms with van der Waals surface area (Å²) in [5, 5.41) is 24.5. The number of Topliss-reactive ketones (excluding diaryl/α,β-unsaturated/α-hetero) is 3. The Morgan fingerprint density at radius 3 is 2.25 bits per heavy atom. The van der Waals surface area contributed by atoms with E-state index in [1.54, 1.807) is 48.0 Å². The van der Waals surface area contributed by atoms with E-state index in [0.29, 0.717) is 69.8 Å². The number of carbonyl (C=O) groups excluding carboxylic acids is 6. The van der Waals surface area contributed by atoms with Crippen LogP contribution >= 0.6 is 0 Å². The largest absolute Gasteiger partial charge is 0.460 e. The first kappa shape index (κ1) is 59.5. The number of hydrogen-bond acceptors (Lipinski definition) is 15. The van der Waals surface area contributed by atoms with Gasteiger partial charge in [-0.05, 0) is 107 Å². The highest BCUT2D eigenvalue weighted by Crippen LogP contribution is 2.38. The molecule has 0 spiro atoms. The van der Waals surface area contributed by atoms with Crippen molar-refractivity contribution in [2.24, 2.45) is 35.5 Å². The Morgan fingerprint density at radius 2 is 1.59 bits per heavy atom. The van der Waals surface area contributed by atoms with E-state index in [9.17, 15) is 39.0 Å². The lowest BCUT2D eigenvalue weighted by Gasteiger charge is -2.42. The molecule has 17 nitrogen and oxygen atoms in total. The second-order valence-electron chi connectivity index (χ2n) is 20.6. The minimum Gasteiger partial charge on any atom is -0.460 e. The van der Waals surface area contributed by atoms with Gasteiger partial charge in [0.05, 0.1) is 25.4 Å². The maximum absolute atomic E-state index is 14.5. The Labute approximate surface area is 421 Å². The van der Waals surface area contributed by atoms with Gasteiger partial charge in [-0.3, -0.25) is 24.0 Å². The van der Waals surface area contributed by atoms with Crippen LogP contribution in [0.3, 0.4) is 0 Å². The van der Waals surface area contributed by atoms with Gasteiger partial charge in [-0.2, -0.15) is 5.06 Å². The summed E-state index contributed by atoms with van der Waals surface area (Å²) in [5.74, 6) is -8.34. The van der Waals surface area contributed by atoms with Crippen LogP contribution < -0.4 is 0 Å². The Kier molecular flexibility index (Phi) is 23.3. The maximum Gasteiger partial charge on any atom is 0.434 e. The first-order chi connectivity index (χ1) is 33.6. The quantitative estimate of drug-likeness (QED) is 0.111. The number of piperidine rings is 1. The molecule has 1 saturated carbocycles. The van der Waals surface area contributed by atoms with Crippen LogP contribution in [0.2, 0.25) is 0 Å². The van der Waals surface area contributed by atoms with Crippen LogP contribution in [0.4, 0.5) is 4.79 Å². The van der Waals surface area contributed by atoms with Gasteiger partial charge in [-0.1, -0.05) is 71.1 Å². The van der Waals surface area contributed by atoms with Crippen molar-refractivity contribution < 1.29 is 72.2 Å². The van der Waals surface area contributed by atoms with Gasteiger partial charge in [0.1, 0.15) is 36.2 Å². The highest BCUT2D eigenvalue weighted by Gasteiger charge is 2.53. The van der Waals surface area contributed by atoms with Crippen molar-refractivity contribution >= 4 is 35.3 Å². The van der Waals surface area contributed by atoms with Crippen LogP contribution in [-0.2, 0) is 57.2 Å². The lowest BCUT2D eigenvalue weighted by molar-refractivity contribution is -0.265. The van der Waals surface area contributed by atoms with Crippen molar-refractivity contribution in [2.75, 3.05) is 42.0 Å². The van der Waals surface area contributed by atoms with Crippen molar-refractivity contribution in [1.82, 2.24) is 9.96 Å². The molecule has 17 heteroatoms. The van der Waals surface area contributed by atoms with E-state index in [2.05, 4.69) is 0 Å². The predicted molar refractivity (Wildman–Crippen MR) is 264 cm³/mol. The van der Waals surface area contributed by atoms with Crippen molar-refractivity contribution in [3.05, 3.63) is 47.6 Å². The van der Waals surface area contributed by atoms with E-state index >= 15 is 0 Å². The fourth-order valence-electron chi connectivity index (χ4n) is 10.5. The average molecular weight is 1000 g/mol. The molecule has 2 amide bonds. The summed E-state index contributed by atoms with van der Waals surface area (Å²) in [4.78, 5) is 89.8. The van der Waals surface area contributed by atoms with Crippen LogP contribution in [0, 0.1) is 35.5 Å². The number of fused-ring (bicyclic) bond motifs is 3. The Morgan fingerprint density at radius 1 is 0.873 bits per heavy atom. The first-order valence-corrected chi connectivity index (χ1v) is 25.6. The van der Waals surface area contributed by atoms with E-state index in [-0.39, 0.29) is 42.8 Å². The minimum atomic E-state index is -2.45. The highest BCUT2D eigenvalue weighted by atomic mass is 16.7. The van der Waals surface area contributed by atoms with Crippen LogP contribution in [0.1, 0.15) is 126 Å². The van der Waals surface area contributed by atoms with Crippen molar-refractivity contribution in [3.8, 4) is 0 Å². The van der Waals surface area contributed by atoms with Crippen LogP contribution in [0.25, 0.3) is 0 Å². The molecule has 3 unspecified atom stereocenters. The van der Waals surface area contributed by atoms with Crippen LogP contribution in [0.15, 0.2) is 47.6 Å². The lowest BCUT2D eigenvalue weighted by atomic mass is 9.78. The van der Waals surface area contributed by atoms with Crippen molar-refractivity contribution in [3.63, 3.8) is 0 Å². The summed E-state index contributed by atoms with van der Waals surface area (Å²) < 4.78 is 35.4. The van der Waals surface area contributed by atoms with Gasteiger partial charge < -0.3 is 43.5 Å². The van der Waals surface area contributed by atoms with Crippen LogP contribution in [0.5, 0.6) is 0 Å². The lowest BCUT2D eigenvalue weighted by Crippen LogP contribution is -2.61. The molecule has 2 bridgehead atoms. The number of aliphatic hydroxyl groups excluding tert-OH is 1. The third kappa shape index (κ3) is 15.9. The van der Waals surface area contributed by atoms with Gasteiger partial charge in [0.2, 0.25) is 5.79 Å². The van der Waals surface area contributed by atoms with Gasteiger partial charge in [-0.15, -0.1) is 0 Å². The Bertz CT molecular complexity index is 1950. The van der Waals surface area contributed by atoms with E-state index < -0.39 is 102 Å². The third-order valence-electron chi connectivity index (χ3n) is 15.2. The minimum absolute atomic E-state index is 0.00393. The summed E-state index contributed by atoms with van der Waals surface area (Å²) >= 11 is 0. The summed E-state index contributed by atoms with van der Waals surface area (Å²) in [6.07, 6.45) is 9.88. The molecule has 0 aromatic rings. The number of ether oxygens (including phenoxy) is 6. The van der Waals surface area contributed by atoms with Gasteiger partial charge in [0.25, 0.3) is 11.7 Å². The topological polar surface area (TPSA) is 214 Å². The average Bonchev–Trinajstić information content (AvgIpc) is 3.35. The number of aliphatic hydroxyl groups is 2. The number of nitrogens with zero attached hydrogens (tertiary/aromatic N) is 2. The normalized spacial score (nSPS) is 37.9. The maximum atomic E-state index is 14.5. The van der Waals surface area contributed by atoms with E-state index in [1.807, 2.05) is 51.2 Å². The first-order valence-electron chi connectivity index (χ1n) is 25.6.